The van der Waals surface area contributed by atoms with Crippen LogP contribution in [0.5, 0.6) is 0 Å². The van der Waals surface area contributed by atoms with Gasteiger partial charge >= 0.3 is 5.97 Å². The molecule has 1 unspecified atom stereocenters. The molecule has 1 heterocycles. The molecule has 1 rings (SSSR count). The number of hydrogen-bond donors (Lipinski definition) is 1. The monoisotopic (exact) mass is 233 g/mol. The van der Waals surface area contributed by atoms with Gasteiger partial charge in [0.05, 0.1) is 0 Å². The molecule has 1 aromatic heterocycles. The van der Waals surface area contributed by atoms with Crippen LogP contribution in [0.2, 0.25) is 0 Å². The molecule has 0 saturated heterocycles. The van der Waals surface area contributed by atoms with Crippen molar-refractivity contribution in [3.63, 3.8) is 0 Å². The summed E-state index contributed by atoms with van der Waals surface area (Å²) in [6.45, 7) is 2.20. The number of nitrogens with zero attached hydrogens (tertiary/aromatic N) is 3. The third-order valence-corrected chi connectivity index (χ3v) is 2.17. The largest absolute Gasteiger partial charge is 0.481 e. The second-order valence-electron chi connectivity index (χ2n) is 3.72. The van der Waals surface area contributed by atoms with Crippen LogP contribution in [0, 0.1) is 0 Å². The maximum absolute atomic E-state index is 12.6. The zero-order valence-electron chi connectivity index (χ0n) is 9.02. The summed E-state index contributed by atoms with van der Waals surface area (Å²) in [4.78, 5) is 14.5. The molecule has 0 aromatic carbocycles. The molecule has 0 aliphatic heterocycles. The van der Waals surface area contributed by atoms with E-state index in [-0.39, 0.29) is 12.4 Å². The average Bonchev–Trinajstić information content (AvgIpc) is 2.59. The van der Waals surface area contributed by atoms with E-state index in [1.54, 1.807) is 0 Å². The van der Waals surface area contributed by atoms with E-state index < -0.39 is 24.2 Å². The predicted molar refractivity (Wildman–Crippen MR) is 51.3 cm³/mol. The number of hydrogen-bond acceptors (Lipinski definition) is 3. The maximum atomic E-state index is 12.6. The number of rotatable bonds is 5. The van der Waals surface area contributed by atoms with Crippen LogP contribution in [0.15, 0.2) is 6.33 Å². The van der Waals surface area contributed by atoms with Gasteiger partial charge in [0, 0.05) is 13.0 Å². The van der Waals surface area contributed by atoms with E-state index in [0.717, 1.165) is 6.92 Å². The van der Waals surface area contributed by atoms with E-state index in [2.05, 4.69) is 10.1 Å². The predicted octanol–water partition coefficient (Wildman–Crippen LogP) is 1.51. The van der Waals surface area contributed by atoms with Crippen LogP contribution in [-0.2, 0) is 11.3 Å². The summed E-state index contributed by atoms with van der Waals surface area (Å²) in [6.07, 6.45) is 0.776. The van der Waals surface area contributed by atoms with Gasteiger partial charge < -0.3 is 5.11 Å². The second-order valence-corrected chi connectivity index (χ2v) is 3.72. The molecule has 0 radical (unpaired) electrons. The Labute approximate surface area is 91.1 Å². The van der Waals surface area contributed by atoms with Crippen molar-refractivity contribution in [2.45, 2.75) is 38.7 Å². The number of aryl methyl sites for hydroxylation is 1. The first-order valence-electron chi connectivity index (χ1n) is 4.79. The zero-order chi connectivity index (χ0) is 12.3. The Kier molecular flexibility index (Phi) is 3.56. The molecule has 0 fully saturated rings. The van der Waals surface area contributed by atoms with Gasteiger partial charge in [0.1, 0.15) is 18.1 Å². The van der Waals surface area contributed by atoms with Gasteiger partial charge in [0.25, 0.3) is 0 Å². The summed E-state index contributed by atoms with van der Waals surface area (Å²) in [5.74, 6) is -4.52. The van der Waals surface area contributed by atoms with Gasteiger partial charge in [-0.1, -0.05) is 0 Å². The van der Waals surface area contributed by atoms with Crippen molar-refractivity contribution >= 4 is 5.97 Å². The molecule has 0 bridgehead atoms. The molecule has 0 aliphatic rings. The summed E-state index contributed by atoms with van der Waals surface area (Å²) in [5, 5.41) is 12.5. The number of aromatic nitrogens is 3. The van der Waals surface area contributed by atoms with E-state index in [1.807, 2.05) is 0 Å². The van der Waals surface area contributed by atoms with Crippen molar-refractivity contribution in [3.8, 4) is 0 Å². The van der Waals surface area contributed by atoms with Crippen LogP contribution >= 0.6 is 0 Å². The van der Waals surface area contributed by atoms with Crippen LogP contribution in [0.4, 0.5) is 8.78 Å². The van der Waals surface area contributed by atoms with E-state index >= 15 is 0 Å². The first kappa shape index (κ1) is 12.5. The number of carbonyl (C=O) groups is 1. The molecule has 0 spiro atoms. The normalized spacial score (nSPS) is 13.8. The minimum atomic E-state index is -2.80. The minimum Gasteiger partial charge on any atom is -0.481 e. The number of alkyl halides is 2. The maximum Gasteiger partial charge on any atom is 0.313 e. The summed E-state index contributed by atoms with van der Waals surface area (Å²) >= 11 is 0. The van der Waals surface area contributed by atoms with Gasteiger partial charge in [0.2, 0.25) is 5.92 Å². The highest BCUT2D eigenvalue weighted by atomic mass is 19.3. The van der Waals surface area contributed by atoms with Gasteiger partial charge in [-0.15, -0.1) is 0 Å². The molecular weight excluding hydrogens is 220 g/mol. The van der Waals surface area contributed by atoms with Gasteiger partial charge in [-0.2, -0.15) is 5.10 Å². The standard InChI is InChI=1S/C9H13F2N3O2/c1-6(8(15)16)7-12-5-13-14(7)4-3-9(2,10)11/h5-6H,3-4H2,1-2H3,(H,15,16). The Bertz CT molecular complexity index is 373. The Morgan fingerprint density at radius 1 is 1.69 bits per heavy atom. The summed E-state index contributed by atoms with van der Waals surface area (Å²) in [5.41, 5.74) is 0. The lowest BCUT2D eigenvalue weighted by atomic mass is 10.1. The molecule has 5 nitrogen and oxygen atoms in total. The van der Waals surface area contributed by atoms with E-state index in [1.165, 1.54) is 17.9 Å². The van der Waals surface area contributed by atoms with Crippen molar-refractivity contribution in [1.82, 2.24) is 14.8 Å². The third kappa shape index (κ3) is 3.25. The number of carboxylic acid groups (broad SMARTS) is 1. The highest BCUT2D eigenvalue weighted by Gasteiger charge is 2.24. The summed E-state index contributed by atoms with van der Waals surface area (Å²) in [7, 11) is 0. The van der Waals surface area contributed by atoms with Crippen LogP contribution < -0.4 is 0 Å². The van der Waals surface area contributed by atoms with E-state index in [0.29, 0.717) is 0 Å². The minimum absolute atomic E-state index is 0.0452. The average molecular weight is 233 g/mol. The quantitative estimate of drug-likeness (QED) is 0.837. The fourth-order valence-corrected chi connectivity index (χ4v) is 1.19. The molecule has 7 heteroatoms. The molecule has 1 N–H and O–H groups in total. The van der Waals surface area contributed by atoms with Gasteiger partial charge in [-0.3, -0.25) is 4.79 Å². The van der Waals surface area contributed by atoms with Crippen molar-refractivity contribution in [2.24, 2.45) is 0 Å². The molecule has 1 atom stereocenters. The van der Waals surface area contributed by atoms with Crippen molar-refractivity contribution in [3.05, 3.63) is 12.2 Å². The van der Waals surface area contributed by atoms with Crippen LogP contribution in [0.3, 0.4) is 0 Å². The first-order chi connectivity index (χ1) is 7.31. The fourth-order valence-electron chi connectivity index (χ4n) is 1.19. The van der Waals surface area contributed by atoms with Gasteiger partial charge in [-0.05, 0) is 13.8 Å². The first-order valence-corrected chi connectivity index (χ1v) is 4.79. The lowest BCUT2D eigenvalue weighted by Crippen LogP contribution is -2.19. The smallest absolute Gasteiger partial charge is 0.313 e. The Balaban J connectivity index is 2.75. The lowest BCUT2D eigenvalue weighted by molar-refractivity contribution is -0.138. The van der Waals surface area contributed by atoms with Crippen molar-refractivity contribution in [2.75, 3.05) is 0 Å². The van der Waals surface area contributed by atoms with Crippen LogP contribution in [0.1, 0.15) is 32.0 Å². The Morgan fingerprint density at radius 2 is 2.31 bits per heavy atom. The molecular formula is C9H13F2N3O2. The molecule has 0 aliphatic carbocycles. The van der Waals surface area contributed by atoms with Gasteiger partial charge in [-0.25, -0.2) is 18.4 Å². The fraction of sp³-hybridized carbons (Fsp3) is 0.667. The summed E-state index contributed by atoms with van der Waals surface area (Å²) in [6, 6.07) is 0. The van der Waals surface area contributed by atoms with E-state index in [9.17, 15) is 13.6 Å². The highest BCUT2D eigenvalue weighted by Crippen LogP contribution is 2.19. The Hall–Kier alpha value is -1.53. The molecule has 90 valence electrons. The number of carboxylic acids is 1. The zero-order valence-corrected chi connectivity index (χ0v) is 9.02. The van der Waals surface area contributed by atoms with Crippen molar-refractivity contribution in [1.29, 1.82) is 0 Å². The van der Waals surface area contributed by atoms with E-state index in [4.69, 9.17) is 5.11 Å². The van der Waals surface area contributed by atoms with Gasteiger partial charge in [0.15, 0.2) is 0 Å². The lowest BCUT2D eigenvalue weighted by Gasteiger charge is -2.12. The van der Waals surface area contributed by atoms with Crippen molar-refractivity contribution < 1.29 is 18.7 Å². The summed E-state index contributed by atoms with van der Waals surface area (Å²) < 4.78 is 26.5. The molecule has 0 amide bonds. The van der Waals surface area contributed by atoms with Crippen LogP contribution in [-0.4, -0.2) is 31.8 Å². The topological polar surface area (TPSA) is 68.0 Å². The number of aliphatic carboxylic acids is 1. The van der Waals surface area contributed by atoms with Crippen LogP contribution in [0.25, 0.3) is 0 Å². The molecule has 16 heavy (non-hydrogen) atoms. The Morgan fingerprint density at radius 3 is 2.81 bits per heavy atom. The molecule has 0 saturated carbocycles. The second kappa shape index (κ2) is 4.54. The SMILES string of the molecule is CC(C(=O)O)c1ncnn1CCC(C)(F)F. The molecule has 1 aromatic rings. The highest BCUT2D eigenvalue weighted by molar-refractivity contribution is 5.74. The third-order valence-electron chi connectivity index (χ3n) is 2.17. The number of halogens is 2.